The fourth-order valence-corrected chi connectivity index (χ4v) is 2.86. The van der Waals surface area contributed by atoms with Crippen molar-refractivity contribution >= 4 is 11.9 Å². The maximum absolute atomic E-state index is 11.9. The average molecular weight is 334 g/mol. The van der Waals surface area contributed by atoms with E-state index in [1.165, 1.54) is 12.8 Å². The molecule has 0 aliphatic heterocycles. The van der Waals surface area contributed by atoms with E-state index < -0.39 is 0 Å². The SMILES string of the molecule is CCNC(=NCCCn1cccn1)NCCC(=O)NC1CCCC1. The molecule has 1 aromatic heterocycles. The van der Waals surface area contributed by atoms with Crippen LogP contribution in [0.1, 0.15) is 45.4 Å². The first-order valence-electron chi connectivity index (χ1n) is 9.07. The monoisotopic (exact) mass is 334 g/mol. The summed E-state index contributed by atoms with van der Waals surface area (Å²) in [4.78, 5) is 16.4. The molecule has 1 aliphatic rings. The fraction of sp³-hybridized carbons (Fsp3) is 0.706. The van der Waals surface area contributed by atoms with Crippen LogP contribution in [0.2, 0.25) is 0 Å². The molecule has 24 heavy (non-hydrogen) atoms. The summed E-state index contributed by atoms with van der Waals surface area (Å²) in [7, 11) is 0. The number of aromatic nitrogens is 2. The molecule has 0 bridgehead atoms. The minimum absolute atomic E-state index is 0.129. The van der Waals surface area contributed by atoms with Gasteiger partial charge < -0.3 is 16.0 Å². The number of aliphatic imine (C=N–C) groups is 1. The number of amides is 1. The first-order valence-corrected chi connectivity index (χ1v) is 9.07. The van der Waals surface area contributed by atoms with Crippen LogP contribution in [0.25, 0.3) is 0 Å². The van der Waals surface area contributed by atoms with Gasteiger partial charge in [0.1, 0.15) is 0 Å². The van der Waals surface area contributed by atoms with E-state index in [1.807, 2.05) is 23.9 Å². The van der Waals surface area contributed by atoms with Gasteiger partial charge in [0, 0.05) is 51.0 Å². The zero-order valence-corrected chi connectivity index (χ0v) is 14.6. The molecule has 7 nitrogen and oxygen atoms in total. The molecular formula is C17H30N6O. The van der Waals surface area contributed by atoms with Crippen molar-refractivity contribution in [2.45, 2.75) is 58.0 Å². The normalized spacial score (nSPS) is 15.5. The molecule has 1 saturated carbocycles. The molecule has 1 amide bonds. The van der Waals surface area contributed by atoms with Crippen molar-refractivity contribution in [3.05, 3.63) is 18.5 Å². The largest absolute Gasteiger partial charge is 0.357 e. The van der Waals surface area contributed by atoms with E-state index in [0.29, 0.717) is 19.0 Å². The Hall–Kier alpha value is -2.05. The minimum atomic E-state index is 0.129. The van der Waals surface area contributed by atoms with E-state index in [0.717, 1.165) is 44.9 Å². The Morgan fingerprint density at radius 3 is 2.88 bits per heavy atom. The second-order valence-corrected chi connectivity index (χ2v) is 6.11. The fourth-order valence-electron chi connectivity index (χ4n) is 2.86. The molecular weight excluding hydrogens is 304 g/mol. The summed E-state index contributed by atoms with van der Waals surface area (Å²) in [5.74, 6) is 0.899. The van der Waals surface area contributed by atoms with Gasteiger partial charge in [-0.2, -0.15) is 5.10 Å². The molecule has 0 saturated heterocycles. The van der Waals surface area contributed by atoms with Crippen LogP contribution in [-0.4, -0.2) is 47.3 Å². The van der Waals surface area contributed by atoms with Gasteiger partial charge in [-0.3, -0.25) is 14.5 Å². The van der Waals surface area contributed by atoms with Gasteiger partial charge in [-0.25, -0.2) is 0 Å². The van der Waals surface area contributed by atoms with Crippen molar-refractivity contribution in [1.29, 1.82) is 0 Å². The standard InChI is InChI=1S/C17H30N6O/c1-2-18-17(19-10-5-13-23-14-6-11-21-23)20-12-9-16(24)22-15-7-3-4-8-15/h6,11,14-15H,2-5,7-10,12-13H2,1H3,(H,22,24)(H2,18,19,20). The average Bonchev–Trinajstić information content (AvgIpc) is 3.25. The van der Waals surface area contributed by atoms with Crippen LogP contribution in [0.5, 0.6) is 0 Å². The van der Waals surface area contributed by atoms with E-state index in [9.17, 15) is 4.79 Å². The van der Waals surface area contributed by atoms with Gasteiger partial charge in [-0.05, 0) is 32.3 Å². The molecule has 1 fully saturated rings. The van der Waals surface area contributed by atoms with Crippen molar-refractivity contribution in [2.24, 2.45) is 4.99 Å². The number of carbonyl (C=O) groups excluding carboxylic acids is 1. The smallest absolute Gasteiger partial charge is 0.221 e. The highest BCUT2D eigenvalue weighted by Gasteiger charge is 2.16. The summed E-state index contributed by atoms with van der Waals surface area (Å²) in [6, 6.07) is 2.31. The Morgan fingerprint density at radius 1 is 1.33 bits per heavy atom. The molecule has 7 heteroatoms. The topological polar surface area (TPSA) is 83.3 Å². The van der Waals surface area contributed by atoms with Crippen LogP contribution in [0.4, 0.5) is 0 Å². The van der Waals surface area contributed by atoms with E-state index >= 15 is 0 Å². The summed E-state index contributed by atoms with van der Waals surface area (Å²) >= 11 is 0. The minimum Gasteiger partial charge on any atom is -0.357 e. The molecule has 0 spiro atoms. The Labute approximate surface area is 144 Å². The second-order valence-electron chi connectivity index (χ2n) is 6.11. The third-order valence-electron chi connectivity index (χ3n) is 4.08. The molecule has 0 unspecified atom stereocenters. The number of hydrogen-bond acceptors (Lipinski definition) is 3. The van der Waals surface area contributed by atoms with E-state index in [4.69, 9.17) is 0 Å². The summed E-state index contributed by atoms with van der Waals surface area (Å²) in [6.45, 7) is 5.03. The van der Waals surface area contributed by atoms with E-state index in [1.54, 1.807) is 6.20 Å². The van der Waals surface area contributed by atoms with Crippen LogP contribution < -0.4 is 16.0 Å². The second kappa shape index (κ2) is 10.7. The third kappa shape index (κ3) is 7.02. The maximum atomic E-state index is 11.9. The number of guanidine groups is 1. The van der Waals surface area contributed by atoms with Gasteiger partial charge in [-0.15, -0.1) is 0 Å². The zero-order chi connectivity index (χ0) is 17.0. The zero-order valence-electron chi connectivity index (χ0n) is 14.6. The predicted octanol–water partition coefficient (Wildman–Crippen LogP) is 1.28. The molecule has 1 aliphatic carbocycles. The quantitative estimate of drug-likeness (QED) is 0.361. The number of carbonyl (C=O) groups is 1. The lowest BCUT2D eigenvalue weighted by atomic mass is 10.2. The number of hydrogen-bond donors (Lipinski definition) is 3. The first kappa shape index (κ1) is 18.3. The maximum Gasteiger partial charge on any atom is 0.221 e. The number of rotatable bonds is 9. The summed E-state index contributed by atoms with van der Waals surface area (Å²) in [6.07, 6.45) is 9.87. The summed E-state index contributed by atoms with van der Waals surface area (Å²) in [5.41, 5.74) is 0. The molecule has 0 atom stereocenters. The van der Waals surface area contributed by atoms with Gasteiger partial charge in [0.2, 0.25) is 5.91 Å². The van der Waals surface area contributed by atoms with Gasteiger partial charge >= 0.3 is 0 Å². The highest BCUT2D eigenvalue weighted by molar-refractivity contribution is 5.81. The lowest BCUT2D eigenvalue weighted by Crippen LogP contribution is -2.40. The van der Waals surface area contributed by atoms with Gasteiger partial charge in [-0.1, -0.05) is 12.8 Å². The number of aryl methyl sites for hydroxylation is 1. The highest BCUT2D eigenvalue weighted by Crippen LogP contribution is 2.17. The number of nitrogens with one attached hydrogen (secondary N) is 3. The Morgan fingerprint density at radius 2 is 2.17 bits per heavy atom. The molecule has 1 heterocycles. The van der Waals surface area contributed by atoms with Crippen LogP contribution in [0.15, 0.2) is 23.5 Å². The Bertz CT molecular complexity index is 493. The van der Waals surface area contributed by atoms with E-state index in [-0.39, 0.29) is 5.91 Å². The van der Waals surface area contributed by atoms with Crippen LogP contribution in [-0.2, 0) is 11.3 Å². The summed E-state index contributed by atoms with van der Waals surface area (Å²) in [5, 5.41) is 13.7. The first-order chi connectivity index (χ1) is 11.8. The predicted molar refractivity (Wildman–Crippen MR) is 95.8 cm³/mol. The summed E-state index contributed by atoms with van der Waals surface area (Å²) < 4.78 is 1.91. The Balaban J connectivity index is 1.62. The molecule has 0 aromatic carbocycles. The van der Waals surface area contributed by atoms with Crippen molar-refractivity contribution in [2.75, 3.05) is 19.6 Å². The lowest BCUT2D eigenvalue weighted by molar-refractivity contribution is -0.121. The van der Waals surface area contributed by atoms with Crippen molar-refractivity contribution in [3.63, 3.8) is 0 Å². The van der Waals surface area contributed by atoms with Gasteiger partial charge in [0.25, 0.3) is 0 Å². The van der Waals surface area contributed by atoms with E-state index in [2.05, 4.69) is 26.0 Å². The third-order valence-corrected chi connectivity index (χ3v) is 4.08. The van der Waals surface area contributed by atoms with Gasteiger partial charge in [0.15, 0.2) is 5.96 Å². The van der Waals surface area contributed by atoms with Gasteiger partial charge in [0.05, 0.1) is 0 Å². The highest BCUT2D eigenvalue weighted by atomic mass is 16.1. The molecule has 0 radical (unpaired) electrons. The molecule has 134 valence electrons. The Kier molecular flexibility index (Phi) is 8.13. The van der Waals surface area contributed by atoms with Crippen molar-refractivity contribution in [1.82, 2.24) is 25.7 Å². The van der Waals surface area contributed by atoms with Crippen molar-refractivity contribution < 1.29 is 4.79 Å². The number of nitrogens with zero attached hydrogens (tertiary/aromatic N) is 3. The van der Waals surface area contributed by atoms with Crippen LogP contribution in [0.3, 0.4) is 0 Å². The lowest BCUT2D eigenvalue weighted by Gasteiger charge is -2.13. The molecule has 1 aromatic rings. The molecule has 2 rings (SSSR count). The van der Waals surface area contributed by atoms with Crippen LogP contribution >= 0.6 is 0 Å². The van der Waals surface area contributed by atoms with Crippen molar-refractivity contribution in [3.8, 4) is 0 Å². The molecule has 3 N–H and O–H groups in total. The van der Waals surface area contributed by atoms with Crippen LogP contribution in [0, 0.1) is 0 Å².